The lowest BCUT2D eigenvalue weighted by atomic mass is 9.79. The van der Waals surface area contributed by atoms with Gasteiger partial charge in [-0.1, -0.05) is 44.1 Å². The number of ether oxygens (including phenoxy) is 1. The van der Waals surface area contributed by atoms with Crippen molar-refractivity contribution >= 4 is 22.9 Å². The molecule has 0 spiro atoms. The second kappa shape index (κ2) is 10.2. The Kier molecular flexibility index (Phi) is 7.11. The molecule has 0 amide bonds. The second-order valence-corrected chi connectivity index (χ2v) is 11.5. The molecule has 2 aromatic rings. The van der Waals surface area contributed by atoms with Gasteiger partial charge in [-0.25, -0.2) is 4.98 Å². The second-order valence-electron chi connectivity index (χ2n) is 11.5. The van der Waals surface area contributed by atoms with Gasteiger partial charge in [-0.15, -0.1) is 13.2 Å². The van der Waals surface area contributed by atoms with Crippen molar-refractivity contribution in [2.75, 3.05) is 36.4 Å². The van der Waals surface area contributed by atoms with Crippen LogP contribution in [0.2, 0.25) is 0 Å². The van der Waals surface area contributed by atoms with Crippen molar-refractivity contribution in [3.63, 3.8) is 0 Å². The Morgan fingerprint density at radius 1 is 0.949 bits per heavy atom. The minimum atomic E-state index is -4.65. The van der Waals surface area contributed by atoms with Gasteiger partial charge in [0, 0.05) is 45.3 Å². The predicted octanol–water partition coefficient (Wildman–Crippen LogP) is 5.69. The lowest BCUT2D eigenvalue weighted by molar-refractivity contribution is -0.306. The lowest BCUT2D eigenvalue weighted by Gasteiger charge is -2.38. The Morgan fingerprint density at radius 2 is 1.67 bits per heavy atom. The van der Waals surface area contributed by atoms with E-state index in [2.05, 4.69) is 64.7 Å². The van der Waals surface area contributed by atoms with Crippen LogP contribution >= 0.6 is 0 Å². The lowest BCUT2D eigenvalue weighted by Crippen LogP contribution is -2.46. The average molecular weight is 544 g/mol. The summed E-state index contributed by atoms with van der Waals surface area (Å²) in [5.74, 6) is 1.35. The van der Waals surface area contributed by atoms with Gasteiger partial charge < -0.3 is 24.4 Å². The number of aromatic nitrogens is 4. The number of fused-ring (bicyclic) bond motifs is 1. The topological polar surface area (TPSA) is 71.3 Å². The van der Waals surface area contributed by atoms with Crippen molar-refractivity contribution < 1.29 is 17.9 Å². The van der Waals surface area contributed by atoms with Gasteiger partial charge in [0.25, 0.3) is 0 Å². The summed E-state index contributed by atoms with van der Waals surface area (Å²) < 4.78 is 43.6. The molecule has 210 valence electrons. The molecule has 0 radical (unpaired) electrons. The van der Waals surface area contributed by atoms with Crippen LogP contribution in [0.3, 0.4) is 0 Å². The average Bonchev–Trinajstić information content (AvgIpc) is 3.25. The monoisotopic (exact) mass is 543 g/mol. The number of aryl methyl sites for hydroxylation is 1. The number of anilines is 2. The molecule has 0 bridgehead atoms. The summed E-state index contributed by atoms with van der Waals surface area (Å²) in [5.41, 5.74) is 5.27. The molecule has 11 heteroatoms. The van der Waals surface area contributed by atoms with Gasteiger partial charge in [0.05, 0.1) is 12.4 Å². The molecule has 3 heterocycles. The van der Waals surface area contributed by atoms with Gasteiger partial charge in [-0.3, -0.25) is 0 Å². The molecule has 3 aliphatic rings. The van der Waals surface area contributed by atoms with E-state index in [1.807, 2.05) is 11.6 Å². The van der Waals surface area contributed by atoms with Crippen LogP contribution < -0.4 is 10.2 Å². The minimum absolute atomic E-state index is 0.0462. The molecule has 2 aliphatic carbocycles. The first kappa shape index (κ1) is 27.1. The van der Waals surface area contributed by atoms with E-state index < -0.39 is 6.36 Å². The van der Waals surface area contributed by atoms with E-state index in [9.17, 15) is 13.2 Å². The number of nitrogens with one attached hydrogen (secondary N) is 1. The van der Waals surface area contributed by atoms with Crippen molar-refractivity contribution in [3.8, 4) is 0 Å². The van der Waals surface area contributed by atoms with E-state index in [-0.39, 0.29) is 23.6 Å². The third-order valence-corrected chi connectivity index (χ3v) is 7.66. The summed E-state index contributed by atoms with van der Waals surface area (Å²) in [4.78, 5) is 18.7. The number of hydrogen-bond donors (Lipinski definition) is 1. The van der Waals surface area contributed by atoms with E-state index in [0.717, 1.165) is 36.5 Å². The smallest absolute Gasteiger partial charge is 0.410 e. The quantitative estimate of drug-likeness (QED) is 0.520. The molecule has 8 nitrogen and oxygen atoms in total. The third kappa shape index (κ3) is 6.07. The van der Waals surface area contributed by atoms with Gasteiger partial charge in [-0.05, 0) is 37.3 Å². The Balaban J connectivity index is 1.31. The highest BCUT2D eigenvalue weighted by Crippen LogP contribution is 2.35. The Labute approximate surface area is 226 Å². The van der Waals surface area contributed by atoms with Crippen molar-refractivity contribution in [2.45, 2.75) is 59.4 Å². The van der Waals surface area contributed by atoms with Crippen LogP contribution in [-0.4, -0.2) is 63.0 Å². The van der Waals surface area contributed by atoms with E-state index in [1.54, 1.807) is 12.4 Å². The number of allylic oxidation sites excluding steroid dienone is 6. The number of piperazine rings is 1. The zero-order valence-electron chi connectivity index (χ0n) is 23.1. The van der Waals surface area contributed by atoms with Crippen LogP contribution in [0, 0.1) is 5.41 Å². The van der Waals surface area contributed by atoms with Crippen LogP contribution in [0.4, 0.5) is 24.9 Å². The molecule has 1 atom stereocenters. The summed E-state index contributed by atoms with van der Waals surface area (Å²) in [5, 5.41) is 3.70. The number of halogens is 3. The highest BCUT2D eigenvalue weighted by Gasteiger charge is 2.33. The first-order valence-corrected chi connectivity index (χ1v) is 13.4. The van der Waals surface area contributed by atoms with E-state index in [4.69, 9.17) is 9.97 Å². The molecule has 1 fully saturated rings. The Bertz CT molecular complexity index is 1360. The summed E-state index contributed by atoms with van der Waals surface area (Å²) >= 11 is 0. The molecule has 1 N–H and O–H groups in total. The summed E-state index contributed by atoms with van der Waals surface area (Å²) in [6, 6.07) is 0.124. The van der Waals surface area contributed by atoms with Crippen LogP contribution in [0.5, 0.6) is 0 Å². The predicted molar refractivity (Wildman–Crippen MR) is 146 cm³/mol. The SMILES string of the molecule is CC1=CC=C(C(C)(C)C)CC1Nc1nc(N2CCN(C3=CC=C(OC(F)(F)F)CC3)CC2)nc2ncn(C)c12. The molecular weight excluding hydrogens is 507 g/mol. The van der Waals surface area contributed by atoms with Crippen molar-refractivity contribution in [1.29, 1.82) is 0 Å². The maximum absolute atomic E-state index is 12.5. The van der Waals surface area contributed by atoms with Crippen LogP contribution in [0.15, 0.2) is 53.2 Å². The van der Waals surface area contributed by atoms with Crippen molar-refractivity contribution in [2.24, 2.45) is 12.5 Å². The molecule has 1 unspecified atom stereocenters. The van der Waals surface area contributed by atoms with Crippen LogP contribution in [-0.2, 0) is 11.8 Å². The fraction of sp³-hybridized carbons (Fsp3) is 0.536. The zero-order chi connectivity index (χ0) is 27.9. The zero-order valence-corrected chi connectivity index (χ0v) is 23.1. The van der Waals surface area contributed by atoms with E-state index in [1.165, 1.54) is 17.2 Å². The Hall–Kier alpha value is -3.50. The Morgan fingerprint density at radius 3 is 2.31 bits per heavy atom. The van der Waals surface area contributed by atoms with Gasteiger partial charge in [0.2, 0.25) is 5.95 Å². The third-order valence-electron chi connectivity index (χ3n) is 7.66. The summed E-state index contributed by atoms with van der Waals surface area (Å²) in [7, 11) is 1.95. The van der Waals surface area contributed by atoms with Gasteiger partial charge in [0.15, 0.2) is 11.5 Å². The number of alkyl halides is 3. The number of rotatable bonds is 5. The number of imidazole rings is 1. The fourth-order valence-corrected chi connectivity index (χ4v) is 5.27. The molecule has 2 aromatic heterocycles. The van der Waals surface area contributed by atoms with Crippen molar-refractivity contribution in [1.82, 2.24) is 24.4 Å². The maximum Gasteiger partial charge on any atom is 0.572 e. The molecule has 0 saturated carbocycles. The first-order valence-electron chi connectivity index (χ1n) is 13.4. The molecule has 0 aromatic carbocycles. The normalized spacial score (nSPS) is 20.9. The van der Waals surface area contributed by atoms with Gasteiger partial charge >= 0.3 is 6.36 Å². The highest BCUT2D eigenvalue weighted by molar-refractivity contribution is 5.85. The summed E-state index contributed by atoms with van der Waals surface area (Å²) in [6.45, 7) is 11.7. The van der Waals surface area contributed by atoms with Gasteiger partial charge in [0.1, 0.15) is 11.3 Å². The molecule has 1 aliphatic heterocycles. The van der Waals surface area contributed by atoms with Gasteiger partial charge in [-0.2, -0.15) is 9.97 Å². The van der Waals surface area contributed by atoms with Crippen molar-refractivity contribution in [3.05, 3.63) is 53.2 Å². The largest absolute Gasteiger partial charge is 0.572 e. The fourth-order valence-electron chi connectivity index (χ4n) is 5.27. The van der Waals surface area contributed by atoms with E-state index in [0.29, 0.717) is 31.1 Å². The highest BCUT2D eigenvalue weighted by atomic mass is 19.4. The van der Waals surface area contributed by atoms with Crippen LogP contribution in [0.1, 0.15) is 47.0 Å². The molecule has 1 saturated heterocycles. The number of hydrogen-bond acceptors (Lipinski definition) is 7. The number of nitrogens with zero attached hydrogens (tertiary/aromatic N) is 6. The maximum atomic E-state index is 12.5. The molecular formula is C28H36F3N7O. The first-order chi connectivity index (χ1) is 18.4. The molecule has 5 rings (SSSR count). The van der Waals surface area contributed by atoms with Crippen LogP contribution in [0.25, 0.3) is 11.2 Å². The standard InChI is InChI=1S/C28H36F3N7O/c1-18-6-7-19(27(2,3)4)16-22(18)33-25-23-24(32-17-36(23)5)34-26(35-25)38-14-12-37(13-15-38)20-8-10-21(11-9-20)39-28(29,30)31/h6-8,10,17,22H,9,11-16H2,1-5H3,(H,33,34,35). The molecule has 39 heavy (non-hydrogen) atoms. The minimum Gasteiger partial charge on any atom is -0.410 e. The summed E-state index contributed by atoms with van der Waals surface area (Å²) in [6.07, 6.45) is 6.36. The van der Waals surface area contributed by atoms with E-state index >= 15 is 0 Å².